The van der Waals surface area contributed by atoms with E-state index in [1.54, 1.807) is 0 Å². The Bertz CT molecular complexity index is 1040. The molecule has 5 heteroatoms. The number of halogens is 1. The number of carbonyl (C=O) groups excluding carboxylic acids is 1. The SMILES string of the molecule is O=C(OCc1ccccc1)N1CC[C@@H]2C1c1ccccc1N[C@@H]2c1ccc(F)cc1. The van der Waals surface area contributed by atoms with Gasteiger partial charge in [0.2, 0.25) is 0 Å². The third-order valence-corrected chi connectivity index (χ3v) is 6.13. The number of para-hydroxylation sites is 1. The summed E-state index contributed by atoms with van der Waals surface area (Å²) < 4.78 is 19.1. The van der Waals surface area contributed by atoms with Gasteiger partial charge >= 0.3 is 6.09 Å². The van der Waals surface area contributed by atoms with Crippen LogP contribution in [0.25, 0.3) is 0 Å². The van der Waals surface area contributed by atoms with Crippen molar-refractivity contribution in [2.45, 2.75) is 25.1 Å². The smallest absolute Gasteiger partial charge is 0.410 e. The highest BCUT2D eigenvalue weighted by molar-refractivity contribution is 5.71. The Kier molecular flexibility index (Phi) is 4.87. The monoisotopic (exact) mass is 402 g/mol. The zero-order chi connectivity index (χ0) is 20.5. The minimum absolute atomic E-state index is 0.0115. The van der Waals surface area contributed by atoms with Crippen LogP contribution in [0.4, 0.5) is 14.9 Å². The van der Waals surface area contributed by atoms with Gasteiger partial charge < -0.3 is 15.0 Å². The molecule has 0 radical (unpaired) electrons. The highest BCUT2D eigenvalue weighted by Gasteiger charge is 2.46. The van der Waals surface area contributed by atoms with Crippen LogP contribution in [0.1, 0.15) is 35.2 Å². The first-order valence-electron chi connectivity index (χ1n) is 10.3. The van der Waals surface area contributed by atoms with E-state index in [-0.39, 0.29) is 36.5 Å². The quantitative estimate of drug-likeness (QED) is 0.612. The van der Waals surface area contributed by atoms with E-state index >= 15 is 0 Å². The fourth-order valence-corrected chi connectivity index (χ4v) is 4.73. The molecule has 3 aromatic rings. The predicted molar refractivity (Wildman–Crippen MR) is 113 cm³/mol. The molecule has 2 aliphatic heterocycles. The standard InChI is InChI=1S/C25H23FN2O2/c26-19-12-10-18(11-13-19)23-21-14-15-28(24(21)20-8-4-5-9-22(20)27-23)25(29)30-16-17-6-2-1-3-7-17/h1-13,21,23-24,27H,14-16H2/t21-,23+,24?/m0/s1. The van der Waals surface area contributed by atoms with E-state index in [0.717, 1.165) is 28.8 Å². The summed E-state index contributed by atoms with van der Waals surface area (Å²) in [7, 11) is 0. The first kappa shape index (κ1) is 18.7. The van der Waals surface area contributed by atoms with Gasteiger partial charge in [-0.1, -0.05) is 60.7 Å². The lowest BCUT2D eigenvalue weighted by Crippen LogP contribution is -2.37. The largest absolute Gasteiger partial charge is 0.445 e. The van der Waals surface area contributed by atoms with E-state index in [2.05, 4.69) is 11.4 Å². The zero-order valence-electron chi connectivity index (χ0n) is 16.5. The minimum atomic E-state index is -0.291. The summed E-state index contributed by atoms with van der Waals surface area (Å²) in [6.45, 7) is 0.894. The molecular formula is C25H23FN2O2. The Labute approximate surface area is 175 Å². The zero-order valence-corrected chi connectivity index (χ0v) is 16.5. The summed E-state index contributed by atoms with van der Waals surface area (Å²) in [6.07, 6.45) is 0.565. The summed E-state index contributed by atoms with van der Waals surface area (Å²) in [5.74, 6) is -0.0568. The number of ether oxygens (including phenoxy) is 1. The van der Waals surface area contributed by atoms with Crippen molar-refractivity contribution in [2.24, 2.45) is 5.92 Å². The van der Waals surface area contributed by atoms with Crippen molar-refractivity contribution in [2.75, 3.05) is 11.9 Å². The number of likely N-dealkylation sites (tertiary alicyclic amines) is 1. The molecule has 30 heavy (non-hydrogen) atoms. The van der Waals surface area contributed by atoms with Crippen LogP contribution in [0.5, 0.6) is 0 Å². The van der Waals surface area contributed by atoms with Gasteiger partial charge in [-0.05, 0) is 41.3 Å². The molecular weight excluding hydrogens is 379 g/mol. The van der Waals surface area contributed by atoms with Gasteiger partial charge in [0.15, 0.2) is 0 Å². The number of nitrogens with zero attached hydrogens (tertiary/aromatic N) is 1. The fourth-order valence-electron chi connectivity index (χ4n) is 4.73. The van der Waals surface area contributed by atoms with Crippen LogP contribution in [-0.4, -0.2) is 17.5 Å². The van der Waals surface area contributed by atoms with Gasteiger partial charge in [-0.2, -0.15) is 0 Å². The molecule has 4 nitrogen and oxygen atoms in total. The molecule has 152 valence electrons. The number of anilines is 1. The number of benzene rings is 3. The van der Waals surface area contributed by atoms with Gasteiger partial charge in [-0.25, -0.2) is 9.18 Å². The lowest BCUT2D eigenvalue weighted by atomic mass is 9.80. The third kappa shape index (κ3) is 3.41. The van der Waals surface area contributed by atoms with E-state index in [1.165, 1.54) is 12.1 Å². The van der Waals surface area contributed by atoms with Crippen molar-refractivity contribution in [1.82, 2.24) is 4.90 Å². The number of carbonyl (C=O) groups is 1. The summed E-state index contributed by atoms with van der Waals surface area (Å²) in [5.41, 5.74) is 4.11. The number of hydrogen-bond acceptors (Lipinski definition) is 3. The Morgan fingerprint density at radius 1 is 1.00 bits per heavy atom. The first-order chi connectivity index (χ1) is 14.7. The Morgan fingerprint density at radius 2 is 1.73 bits per heavy atom. The molecule has 1 N–H and O–H groups in total. The molecule has 1 unspecified atom stereocenters. The van der Waals surface area contributed by atoms with Gasteiger partial charge in [0.25, 0.3) is 0 Å². The molecule has 2 aliphatic rings. The molecule has 0 bridgehead atoms. The van der Waals surface area contributed by atoms with Crippen LogP contribution in [0.15, 0.2) is 78.9 Å². The molecule has 3 atom stereocenters. The highest BCUT2D eigenvalue weighted by Crippen LogP contribution is 2.51. The molecule has 2 heterocycles. The average Bonchev–Trinajstić information content (AvgIpc) is 3.24. The second-order valence-electron chi connectivity index (χ2n) is 7.89. The van der Waals surface area contributed by atoms with E-state index in [9.17, 15) is 9.18 Å². The molecule has 0 saturated carbocycles. The van der Waals surface area contributed by atoms with Crippen LogP contribution in [0, 0.1) is 11.7 Å². The van der Waals surface area contributed by atoms with E-state index in [4.69, 9.17) is 4.74 Å². The fraction of sp³-hybridized carbons (Fsp3) is 0.240. The maximum absolute atomic E-state index is 13.5. The van der Waals surface area contributed by atoms with Crippen molar-refractivity contribution in [3.63, 3.8) is 0 Å². The Balaban J connectivity index is 1.42. The van der Waals surface area contributed by atoms with Crippen LogP contribution in [-0.2, 0) is 11.3 Å². The second kappa shape index (κ2) is 7.82. The molecule has 3 aromatic carbocycles. The third-order valence-electron chi connectivity index (χ3n) is 6.13. The average molecular weight is 402 g/mol. The number of amides is 1. The molecule has 0 aliphatic carbocycles. The lowest BCUT2D eigenvalue weighted by Gasteiger charge is -2.39. The van der Waals surface area contributed by atoms with Gasteiger partial charge in [-0.15, -0.1) is 0 Å². The molecule has 0 aromatic heterocycles. The number of rotatable bonds is 3. The maximum Gasteiger partial charge on any atom is 0.410 e. The Hall–Kier alpha value is -3.34. The normalized spacial score (nSPS) is 22.0. The van der Waals surface area contributed by atoms with Crippen LogP contribution < -0.4 is 5.32 Å². The maximum atomic E-state index is 13.5. The minimum Gasteiger partial charge on any atom is -0.445 e. The van der Waals surface area contributed by atoms with Crippen molar-refractivity contribution in [3.05, 3.63) is 101 Å². The van der Waals surface area contributed by atoms with Crippen molar-refractivity contribution < 1.29 is 13.9 Å². The first-order valence-corrected chi connectivity index (χ1v) is 10.3. The molecule has 0 spiro atoms. The predicted octanol–water partition coefficient (Wildman–Crippen LogP) is 5.69. The van der Waals surface area contributed by atoms with Gasteiger partial charge in [-0.3, -0.25) is 0 Å². The van der Waals surface area contributed by atoms with Crippen LogP contribution >= 0.6 is 0 Å². The van der Waals surface area contributed by atoms with Gasteiger partial charge in [0.05, 0.1) is 12.1 Å². The van der Waals surface area contributed by atoms with Gasteiger partial charge in [0, 0.05) is 18.2 Å². The Morgan fingerprint density at radius 3 is 2.53 bits per heavy atom. The summed E-state index contributed by atoms with van der Waals surface area (Å²) in [4.78, 5) is 14.9. The van der Waals surface area contributed by atoms with E-state index in [0.29, 0.717) is 6.54 Å². The molecule has 1 amide bonds. The number of nitrogens with one attached hydrogen (secondary N) is 1. The molecule has 1 fully saturated rings. The van der Waals surface area contributed by atoms with Crippen molar-refractivity contribution >= 4 is 11.8 Å². The highest BCUT2D eigenvalue weighted by atomic mass is 19.1. The van der Waals surface area contributed by atoms with E-state index in [1.807, 2.05) is 65.6 Å². The second-order valence-corrected chi connectivity index (χ2v) is 7.89. The number of fused-ring (bicyclic) bond motifs is 3. The van der Waals surface area contributed by atoms with Crippen LogP contribution in [0.2, 0.25) is 0 Å². The lowest BCUT2D eigenvalue weighted by molar-refractivity contribution is 0.0865. The summed E-state index contributed by atoms with van der Waals surface area (Å²) in [5, 5.41) is 3.62. The molecule has 5 rings (SSSR count). The number of hydrogen-bond donors (Lipinski definition) is 1. The van der Waals surface area contributed by atoms with E-state index < -0.39 is 0 Å². The van der Waals surface area contributed by atoms with Crippen molar-refractivity contribution in [1.29, 1.82) is 0 Å². The van der Waals surface area contributed by atoms with Crippen molar-refractivity contribution in [3.8, 4) is 0 Å². The summed E-state index contributed by atoms with van der Waals surface area (Å²) >= 11 is 0. The summed E-state index contributed by atoms with van der Waals surface area (Å²) in [6, 6.07) is 24.4. The van der Waals surface area contributed by atoms with Crippen LogP contribution in [0.3, 0.4) is 0 Å². The molecule has 1 saturated heterocycles. The van der Waals surface area contributed by atoms with Gasteiger partial charge in [0.1, 0.15) is 12.4 Å². The topological polar surface area (TPSA) is 41.6 Å².